The number of hydrogen-bond acceptors (Lipinski definition) is 3. The molecule has 2 unspecified atom stereocenters. The van der Waals surface area contributed by atoms with Gasteiger partial charge in [0.2, 0.25) is 0 Å². The van der Waals surface area contributed by atoms with Gasteiger partial charge in [-0.05, 0) is 36.6 Å². The average Bonchev–Trinajstić information content (AvgIpc) is 2.76. The number of nitrogens with zero attached hydrogens (tertiary/aromatic N) is 1. The summed E-state index contributed by atoms with van der Waals surface area (Å²) in [5, 5.41) is 5.22. The molecule has 0 aromatic carbocycles. The molecule has 1 aromatic heterocycles. The Hall–Kier alpha value is -0.250. The predicted molar refractivity (Wildman–Crippen MR) is 75.6 cm³/mol. The lowest BCUT2D eigenvalue weighted by atomic mass is 10.2. The van der Waals surface area contributed by atoms with Gasteiger partial charge in [-0.25, -0.2) is 0 Å². The van der Waals surface area contributed by atoms with Gasteiger partial charge in [0.25, 0.3) is 0 Å². The van der Waals surface area contributed by atoms with E-state index in [1.807, 2.05) is 6.07 Å². The van der Waals surface area contributed by atoms with E-state index in [1.54, 1.807) is 12.4 Å². The molecular weight excluding hydrogens is 252 g/mol. The molecular formula is C13H19ClN2S. The maximum atomic E-state index is 6.08. The van der Waals surface area contributed by atoms with Crippen LogP contribution in [0.3, 0.4) is 0 Å². The van der Waals surface area contributed by atoms with Crippen molar-refractivity contribution in [2.45, 2.75) is 44.0 Å². The molecule has 0 bridgehead atoms. The van der Waals surface area contributed by atoms with Crippen LogP contribution in [0, 0.1) is 0 Å². The van der Waals surface area contributed by atoms with E-state index >= 15 is 0 Å². The first-order valence-electron chi connectivity index (χ1n) is 6.23. The number of thioether (sulfide) groups is 1. The maximum absolute atomic E-state index is 6.08. The summed E-state index contributed by atoms with van der Waals surface area (Å²) in [6.07, 6.45) is 7.44. The summed E-state index contributed by atoms with van der Waals surface area (Å²) in [5.74, 6) is 1.23. The van der Waals surface area contributed by atoms with Crippen LogP contribution in [0.2, 0.25) is 5.02 Å². The summed E-state index contributed by atoms with van der Waals surface area (Å²) in [7, 11) is 0. The Labute approximate surface area is 113 Å². The van der Waals surface area contributed by atoms with Crippen molar-refractivity contribution in [1.82, 2.24) is 10.3 Å². The molecule has 1 saturated carbocycles. The first-order valence-corrected chi connectivity index (χ1v) is 7.65. The summed E-state index contributed by atoms with van der Waals surface area (Å²) >= 11 is 8.17. The molecule has 17 heavy (non-hydrogen) atoms. The van der Waals surface area contributed by atoms with E-state index in [0.717, 1.165) is 22.4 Å². The Bertz CT molecular complexity index is 359. The van der Waals surface area contributed by atoms with E-state index in [1.165, 1.54) is 25.0 Å². The Morgan fingerprint density at radius 3 is 3.18 bits per heavy atom. The van der Waals surface area contributed by atoms with E-state index in [9.17, 15) is 0 Å². The van der Waals surface area contributed by atoms with Crippen LogP contribution in [0.1, 0.15) is 31.7 Å². The Kier molecular flexibility index (Phi) is 5.14. The zero-order chi connectivity index (χ0) is 12.1. The largest absolute Gasteiger partial charge is 0.310 e. The molecule has 94 valence electrons. The van der Waals surface area contributed by atoms with Crippen LogP contribution >= 0.6 is 23.4 Å². The normalized spacial score (nSPS) is 24.1. The highest BCUT2D eigenvalue weighted by Crippen LogP contribution is 2.29. The molecule has 0 saturated heterocycles. The first-order chi connectivity index (χ1) is 8.29. The van der Waals surface area contributed by atoms with Gasteiger partial charge in [0, 0.05) is 30.2 Å². The van der Waals surface area contributed by atoms with Gasteiger partial charge >= 0.3 is 0 Å². The third kappa shape index (κ3) is 3.87. The van der Waals surface area contributed by atoms with E-state index in [-0.39, 0.29) is 0 Å². The van der Waals surface area contributed by atoms with E-state index in [0.29, 0.717) is 6.04 Å². The smallest absolute Gasteiger partial charge is 0.0634 e. The summed E-state index contributed by atoms with van der Waals surface area (Å²) in [6, 6.07) is 2.64. The fourth-order valence-corrected chi connectivity index (χ4v) is 3.64. The number of nitrogens with one attached hydrogen (secondary N) is 1. The van der Waals surface area contributed by atoms with Crippen molar-refractivity contribution in [2.24, 2.45) is 0 Å². The van der Waals surface area contributed by atoms with Crippen LogP contribution in [0.15, 0.2) is 18.5 Å². The minimum Gasteiger partial charge on any atom is -0.310 e. The average molecular weight is 271 g/mol. The molecule has 2 rings (SSSR count). The van der Waals surface area contributed by atoms with E-state index in [2.05, 4.69) is 29.0 Å². The molecule has 1 aliphatic carbocycles. The number of aromatic nitrogens is 1. The van der Waals surface area contributed by atoms with Crippen LogP contribution in [-0.2, 0) is 6.54 Å². The highest BCUT2D eigenvalue weighted by atomic mass is 35.5. The number of hydrogen-bond donors (Lipinski definition) is 1. The van der Waals surface area contributed by atoms with Crippen molar-refractivity contribution in [3.63, 3.8) is 0 Å². The second-order valence-corrected chi connectivity index (χ2v) is 6.42. The van der Waals surface area contributed by atoms with Crippen LogP contribution in [0.25, 0.3) is 0 Å². The Balaban J connectivity index is 1.78. The standard InChI is InChI=1S/C13H19ClN2S/c1-2-17-12-4-3-11(7-12)16-8-10-5-6-15-9-13(10)14/h5-6,9,11-12,16H,2-4,7-8H2,1H3. The van der Waals surface area contributed by atoms with Gasteiger partial charge in [0.1, 0.15) is 0 Å². The highest BCUT2D eigenvalue weighted by molar-refractivity contribution is 7.99. The van der Waals surface area contributed by atoms with Crippen molar-refractivity contribution in [3.8, 4) is 0 Å². The Morgan fingerprint density at radius 1 is 1.53 bits per heavy atom. The fourth-order valence-electron chi connectivity index (χ4n) is 2.31. The highest BCUT2D eigenvalue weighted by Gasteiger charge is 2.23. The summed E-state index contributed by atoms with van der Waals surface area (Å²) in [4.78, 5) is 4.00. The third-order valence-electron chi connectivity index (χ3n) is 3.22. The van der Waals surface area contributed by atoms with Crippen molar-refractivity contribution in [1.29, 1.82) is 0 Å². The lowest BCUT2D eigenvalue weighted by Gasteiger charge is -2.13. The molecule has 4 heteroatoms. The molecule has 1 aliphatic rings. The lowest BCUT2D eigenvalue weighted by molar-refractivity contribution is 0.525. The second-order valence-electron chi connectivity index (χ2n) is 4.44. The SMILES string of the molecule is CCSC1CCC(NCc2ccncc2Cl)C1. The monoisotopic (exact) mass is 270 g/mol. The van der Waals surface area contributed by atoms with Crippen LogP contribution in [0.4, 0.5) is 0 Å². The first kappa shape index (κ1) is 13.2. The minimum absolute atomic E-state index is 0.656. The number of halogens is 1. The van der Waals surface area contributed by atoms with Gasteiger partial charge in [-0.2, -0.15) is 11.8 Å². The van der Waals surface area contributed by atoms with Gasteiger partial charge in [-0.3, -0.25) is 4.98 Å². The molecule has 0 aliphatic heterocycles. The molecule has 2 atom stereocenters. The van der Waals surface area contributed by atoms with Crippen molar-refractivity contribution in [2.75, 3.05) is 5.75 Å². The van der Waals surface area contributed by atoms with Crippen LogP contribution < -0.4 is 5.32 Å². The van der Waals surface area contributed by atoms with Crippen molar-refractivity contribution in [3.05, 3.63) is 29.0 Å². The number of pyridine rings is 1. The zero-order valence-corrected chi connectivity index (χ0v) is 11.7. The third-order valence-corrected chi connectivity index (χ3v) is 4.80. The lowest BCUT2D eigenvalue weighted by Crippen LogP contribution is -2.26. The van der Waals surface area contributed by atoms with Gasteiger partial charge in [0.05, 0.1) is 5.02 Å². The van der Waals surface area contributed by atoms with Crippen molar-refractivity contribution >= 4 is 23.4 Å². The van der Waals surface area contributed by atoms with Crippen molar-refractivity contribution < 1.29 is 0 Å². The summed E-state index contributed by atoms with van der Waals surface area (Å²) in [6.45, 7) is 3.09. The zero-order valence-electron chi connectivity index (χ0n) is 10.2. The van der Waals surface area contributed by atoms with Gasteiger partial charge in [0.15, 0.2) is 0 Å². The van der Waals surface area contributed by atoms with Crippen LogP contribution in [0.5, 0.6) is 0 Å². The minimum atomic E-state index is 0.656. The molecule has 1 fully saturated rings. The van der Waals surface area contributed by atoms with Gasteiger partial charge in [-0.1, -0.05) is 18.5 Å². The molecule has 0 spiro atoms. The molecule has 1 N–H and O–H groups in total. The second kappa shape index (κ2) is 6.62. The predicted octanol–water partition coefficient (Wildman–Crippen LogP) is 3.50. The maximum Gasteiger partial charge on any atom is 0.0634 e. The number of rotatable bonds is 5. The summed E-state index contributed by atoms with van der Waals surface area (Å²) in [5.41, 5.74) is 1.15. The van der Waals surface area contributed by atoms with E-state index in [4.69, 9.17) is 11.6 Å². The molecule has 0 radical (unpaired) electrons. The van der Waals surface area contributed by atoms with Gasteiger partial charge < -0.3 is 5.32 Å². The Morgan fingerprint density at radius 2 is 2.41 bits per heavy atom. The van der Waals surface area contributed by atoms with Gasteiger partial charge in [-0.15, -0.1) is 0 Å². The van der Waals surface area contributed by atoms with Crippen LogP contribution in [-0.4, -0.2) is 22.0 Å². The molecule has 0 amide bonds. The summed E-state index contributed by atoms with van der Waals surface area (Å²) < 4.78 is 0. The van der Waals surface area contributed by atoms with E-state index < -0.39 is 0 Å². The molecule has 1 heterocycles. The topological polar surface area (TPSA) is 24.9 Å². The molecule has 1 aromatic rings. The fraction of sp³-hybridized carbons (Fsp3) is 0.615. The molecule has 2 nitrogen and oxygen atoms in total. The quantitative estimate of drug-likeness (QED) is 0.887.